The van der Waals surface area contributed by atoms with Gasteiger partial charge in [-0.1, -0.05) is 110 Å². The molecule has 2 nitrogen and oxygen atoms in total. The van der Waals surface area contributed by atoms with Crippen molar-refractivity contribution in [1.29, 1.82) is 0 Å². The molecular weight excluding hydrogens is 404 g/mol. The summed E-state index contributed by atoms with van der Waals surface area (Å²) in [6.45, 7) is 8.36. The summed E-state index contributed by atoms with van der Waals surface area (Å²) < 4.78 is 0. The second-order valence-electron chi connectivity index (χ2n) is 9.17. The van der Waals surface area contributed by atoms with Gasteiger partial charge in [0.1, 0.15) is 11.5 Å². The molecule has 0 bridgehead atoms. The Bertz CT molecular complexity index is 1140. The van der Waals surface area contributed by atoms with Gasteiger partial charge in [0.05, 0.1) is 0 Å². The fraction of sp³-hybridized carbons (Fsp3) is 0.226. The molecule has 0 amide bonds. The van der Waals surface area contributed by atoms with Crippen molar-refractivity contribution in [2.45, 2.75) is 46.0 Å². The molecule has 4 rings (SSSR count). The van der Waals surface area contributed by atoms with Crippen molar-refractivity contribution in [3.05, 3.63) is 129 Å². The summed E-state index contributed by atoms with van der Waals surface area (Å²) in [7, 11) is 0. The number of benzene rings is 4. The van der Waals surface area contributed by atoms with E-state index in [9.17, 15) is 10.2 Å². The maximum absolute atomic E-state index is 11.2. The van der Waals surface area contributed by atoms with Gasteiger partial charge in [0, 0.05) is 29.4 Å². The zero-order valence-electron chi connectivity index (χ0n) is 19.8. The van der Waals surface area contributed by atoms with Crippen LogP contribution in [-0.4, -0.2) is 10.2 Å². The van der Waals surface area contributed by atoms with E-state index < -0.39 is 0 Å². The number of aryl methyl sites for hydroxylation is 2. The van der Waals surface area contributed by atoms with Gasteiger partial charge in [0.25, 0.3) is 0 Å². The first-order valence-corrected chi connectivity index (χ1v) is 11.6. The van der Waals surface area contributed by atoms with E-state index in [1.807, 2.05) is 48.5 Å². The topological polar surface area (TPSA) is 40.5 Å². The van der Waals surface area contributed by atoms with Crippen molar-refractivity contribution in [3.63, 3.8) is 0 Å². The van der Waals surface area contributed by atoms with Crippen molar-refractivity contribution >= 4 is 0 Å². The molecule has 0 aliphatic rings. The van der Waals surface area contributed by atoms with Crippen LogP contribution in [0.1, 0.15) is 70.2 Å². The molecule has 0 unspecified atom stereocenters. The first-order chi connectivity index (χ1) is 15.8. The molecule has 168 valence electrons. The molecule has 0 spiro atoms. The number of hydrogen-bond acceptors (Lipinski definition) is 2. The van der Waals surface area contributed by atoms with Gasteiger partial charge in [-0.15, -0.1) is 0 Å². The Morgan fingerprint density at radius 3 is 1.30 bits per heavy atom. The van der Waals surface area contributed by atoms with Gasteiger partial charge < -0.3 is 10.2 Å². The molecule has 0 fully saturated rings. The molecule has 0 aliphatic carbocycles. The first kappa shape index (κ1) is 22.7. The van der Waals surface area contributed by atoms with Gasteiger partial charge >= 0.3 is 0 Å². The fourth-order valence-electron chi connectivity index (χ4n) is 4.75. The summed E-state index contributed by atoms with van der Waals surface area (Å²) in [6, 6.07) is 28.7. The summed E-state index contributed by atoms with van der Waals surface area (Å²) in [5.41, 5.74) is 8.06. The number of rotatable bonds is 6. The smallest absolute Gasteiger partial charge is 0.122 e. The minimum atomic E-state index is 0.0737. The van der Waals surface area contributed by atoms with Crippen molar-refractivity contribution in [1.82, 2.24) is 0 Å². The number of phenolic OH excluding ortho intramolecular Hbond substituents is 2. The van der Waals surface area contributed by atoms with Gasteiger partial charge in [-0.3, -0.25) is 0 Å². The first-order valence-electron chi connectivity index (χ1n) is 11.6. The van der Waals surface area contributed by atoms with Gasteiger partial charge in [-0.25, -0.2) is 0 Å². The number of aromatic hydroxyl groups is 2. The van der Waals surface area contributed by atoms with Crippen molar-refractivity contribution < 1.29 is 10.2 Å². The Balaban J connectivity index is 1.73. The van der Waals surface area contributed by atoms with Crippen LogP contribution in [0.4, 0.5) is 0 Å². The minimum Gasteiger partial charge on any atom is -0.507 e. The Labute approximate surface area is 197 Å². The lowest BCUT2D eigenvalue weighted by molar-refractivity contribution is 0.453. The zero-order valence-corrected chi connectivity index (χ0v) is 19.8. The quantitative estimate of drug-likeness (QED) is 0.326. The molecule has 2 atom stereocenters. The lowest BCUT2D eigenvalue weighted by Crippen LogP contribution is -2.03. The Kier molecular flexibility index (Phi) is 6.55. The Hall–Kier alpha value is -3.52. The zero-order chi connectivity index (χ0) is 23.5. The van der Waals surface area contributed by atoms with Crippen molar-refractivity contribution in [2.75, 3.05) is 0 Å². The molecule has 2 N–H and O–H groups in total. The van der Waals surface area contributed by atoms with Crippen LogP contribution in [0.2, 0.25) is 0 Å². The third-order valence-corrected chi connectivity index (χ3v) is 6.64. The van der Waals surface area contributed by atoms with E-state index in [0.717, 1.165) is 33.4 Å². The van der Waals surface area contributed by atoms with E-state index in [4.69, 9.17) is 0 Å². The molecule has 0 saturated heterocycles. The summed E-state index contributed by atoms with van der Waals surface area (Å²) in [5, 5.41) is 22.5. The molecule has 0 aromatic heterocycles. The third kappa shape index (κ3) is 4.80. The maximum atomic E-state index is 11.2. The Morgan fingerprint density at radius 1 is 0.576 bits per heavy atom. The number of phenols is 2. The van der Waals surface area contributed by atoms with Crippen LogP contribution in [0.3, 0.4) is 0 Å². The minimum absolute atomic E-state index is 0.0737. The lowest BCUT2D eigenvalue weighted by Gasteiger charge is -2.20. The van der Waals surface area contributed by atoms with Crippen LogP contribution in [0, 0.1) is 13.8 Å². The second kappa shape index (κ2) is 9.54. The van der Waals surface area contributed by atoms with E-state index in [-0.39, 0.29) is 11.8 Å². The summed E-state index contributed by atoms with van der Waals surface area (Å²) >= 11 is 0. The average molecular weight is 437 g/mol. The SMILES string of the molecule is Cc1cc(Cc2cc(C)cc([C@@H](C)c3ccccc3)c2O)c(O)c([C@H](C)c2ccccc2)c1. The molecule has 4 aromatic carbocycles. The van der Waals surface area contributed by atoms with E-state index in [2.05, 4.69) is 64.1 Å². The van der Waals surface area contributed by atoms with E-state index >= 15 is 0 Å². The normalized spacial score (nSPS) is 13.0. The largest absolute Gasteiger partial charge is 0.507 e. The predicted molar refractivity (Wildman–Crippen MR) is 136 cm³/mol. The molecule has 0 radical (unpaired) electrons. The summed E-state index contributed by atoms with van der Waals surface area (Å²) in [6.07, 6.45) is 0.476. The Morgan fingerprint density at radius 2 is 0.939 bits per heavy atom. The molecule has 0 aliphatic heterocycles. The van der Waals surface area contributed by atoms with Crippen molar-refractivity contribution in [3.8, 4) is 11.5 Å². The van der Waals surface area contributed by atoms with Crippen LogP contribution in [0.15, 0.2) is 84.9 Å². The monoisotopic (exact) mass is 436 g/mol. The summed E-state index contributed by atoms with van der Waals surface area (Å²) in [4.78, 5) is 0. The van der Waals surface area contributed by atoms with Crippen molar-refractivity contribution in [2.24, 2.45) is 0 Å². The number of hydrogen-bond donors (Lipinski definition) is 2. The standard InChI is InChI=1S/C31H32O2/c1-20-15-26(30(32)28(17-20)22(3)24-11-7-5-8-12-24)19-27-16-21(2)18-29(31(27)33)23(4)25-13-9-6-10-14-25/h5-18,22-23,32-33H,19H2,1-4H3/t22-,23+. The second-order valence-corrected chi connectivity index (χ2v) is 9.17. The van der Waals surface area contributed by atoms with Crippen LogP contribution >= 0.6 is 0 Å². The molecule has 33 heavy (non-hydrogen) atoms. The highest BCUT2D eigenvalue weighted by Gasteiger charge is 2.20. The van der Waals surface area contributed by atoms with Gasteiger partial charge in [-0.2, -0.15) is 0 Å². The molecule has 2 heteroatoms. The van der Waals surface area contributed by atoms with Crippen LogP contribution in [0.25, 0.3) is 0 Å². The summed E-state index contributed by atoms with van der Waals surface area (Å²) in [5.74, 6) is 0.778. The van der Waals surface area contributed by atoms with E-state index in [1.165, 1.54) is 11.1 Å². The predicted octanol–water partition coefficient (Wildman–Crippen LogP) is 7.61. The molecular formula is C31H32O2. The van der Waals surface area contributed by atoms with Gasteiger partial charge in [0.2, 0.25) is 0 Å². The average Bonchev–Trinajstić information content (AvgIpc) is 2.83. The molecule has 0 heterocycles. The highest BCUT2D eigenvalue weighted by atomic mass is 16.3. The van der Waals surface area contributed by atoms with Crippen LogP contribution in [0.5, 0.6) is 11.5 Å². The lowest BCUT2D eigenvalue weighted by atomic mass is 9.86. The molecule has 0 saturated carbocycles. The van der Waals surface area contributed by atoms with E-state index in [0.29, 0.717) is 17.9 Å². The van der Waals surface area contributed by atoms with Gasteiger partial charge in [0.15, 0.2) is 0 Å². The van der Waals surface area contributed by atoms with Crippen LogP contribution in [-0.2, 0) is 6.42 Å². The fourth-order valence-corrected chi connectivity index (χ4v) is 4.75. The third-order valence-electron chi connectivity index (χ3n) is 6.64. The highest BCUT2D eigenvalue weighted by molar-refractivity contribution is 5.54. The van der Waals surface area contributed by atoms with Gasteiger partial charge in [-0.05, 0) is 36.1 Å². The highest BCUT2D eigenvalue weighted by Crippen LogP contribution is 2.39. The maximum Gasteiger partial charge on any atom is 0.122 e. The van der Waals surface area contributed by atoms with Crippen LogP contribution < -0.4 is 0 Å². The van der Waals surface area contributed by atoms with E-state index in [1.54, 1.807) is 0 Å². The molecule has 4 aromatic rings.